The highest BCUT2D eigenvalue weighted by Crippen LogP contribution is 2.36. The molecule has 0 radical (unpaired) electrons. The lowest BCUT2D eigenvalue weighted by molar-refractivity contribution is -0.125. The van der Waals surface area contributed by atoms with Gasteiger partial charge in [-0.2, -0.15) is 0 Å². The van der Waals surface area contributed by atoms with Gasteiger partial charge in [-0.15, -0.1) is 5.10 Å². The van der Waals surface area contributed by atoms with Crippen LogP contribution in [0.5, 0.6) is 0 Å². The van der Waals surface area contributed by atoms with Gasteiger partial charge in [0.25, 0.3) is 5.56 Å². The molecule has 0 unspecified atom stereocenters. The first kappa shape index (κ1) is 16.7. The van der Waals surface area contributed by atoms with Gasteiger partial charge < -0.3 is 10.2 Å². The Morgan fingerprint density at radius 3 is 2.81 bits per heavy atom. The minimum absolute atomic E-state index is 0.0859. The summed E-state index contributed by atoms with van der Waals surface area (Å²) in [6.07, 6.45) is 5.25. The molecule has 3 heterocycles. The van der Waals surface area contributed by atoms with E-state index in [1.54, 1.807) is 13.0 Å². The fourth-order valence-corrected chi connectivity index (χ4v) is 3.52. The lowest BCUT2D eigenvalue weighted by Gasteiger charge is -2.36. The number of aromatic amines is 1. The number of hydrogen-bond donors (Lipinski definition) is 2. The van der Waals surface area contributed by atoms with Crippen LogP contribution in [0.25, 0.3) is 0 Å². The highest BCUT2D eigenvalue weighted by Gasteiger charge is 2.34. The average molecular weight is 358 g/mol. The first-order chi connectivity index (χ1) is 12.6. The van der Waals surface area contributed by atoms with Crippen molar-refractivity contribution in [3.63, 3.8) is 0 Å². The summed E-state index contributed by atoms with van der Waals surface area (Å²) in [7, 11) is 0. The Morgan fingerprint density at radius 1 is 1.35 bits per heavy atom. The number of carbonyl (C=O) groups excluding carboxylic acids is 1. The first-order valence-corrected chi connectivity index (χ1v) is 8.99. The fraction of sp³-hybridized carbons (Fsp3) is 0.625. The third-order valence-corrected chi connectivity index (χ3v) is 5.20. The van der Waals surface area contributed by atoms with Crippen LogP contribution in [0.2, 0.25) is 0 Å². The Balaban J connectivity index is 1.36. The third kappa shape index (κ3) is 3.31. The molecular formula is C16H22N8O2. The quantitative estimate of drug-likeness (QED) is 0.770. The van der Waals surface area contributed by atoms with Gasteiger partial charge in [-0.1, -0.05) is 0 Å². The van der Waals surface area contributed by atoms with E-state index in [9.17, 15) is 9.59 Å². The van der Waals surface area contributed by atoms with Crippen molar-refractivity contribution in [1.82, 2.24) is 35.5 Å². The van der Waals surface area contributed by atoms with E-state index >= 15 is 0 Å². The van der Waals surface area contributed by atoms with Crippen molar-refractivity contribution >= 4 is 11.9 Å². The van der Waals surface area contributed by atoms with Crippen LogP contribution in [-0.4, -0.2) is 55.2 Å². The van der Waals surface area contributed by atoms with Gasteiger partial charge in [-0.05, 0) is 43.0 Å². The molecule has 1 aliphatic heterocycles. The SMILES string of the molecule is C[C@@H](C(=O)NC1CC(c2cc(=O)[nH]c(N3CCCC3)n2)C1)n1cnnn1. The Labute approximate surface area is 150 Å². The summed E-state index contributed by atoms with van der Waals surface area (Å²) in [5.74, 6) is 0.759. The van der Waals surface area contributed by atoms with Gasteiger partial charge >= 0.3 is 0 Å². The number of H-pyrrole nitrogens is 1. The maximum Gasteiger partial charge on any atom is 0.252 e. The van der Waals surface area contributed by atoms with E-state index in [-0.39, 0.29) is 23.4 Å². The number of hydrogen-bond acceptors (Lipinski definition) is 7. The van der Waals surface area contributed by atoms with Crippen molar-refractivity contribution in [2.24, 2.45) is 0 Å². The molecule has 1 amide bonds. The molecule has 2 N–H and O–H groups in total. The van der Waals surface area contributed by atoms with Gasteiger partial charge in [0.1, 0.15) is 12.4 Å². The number of carbonyl (C=O) groups is 1. The second kappa shape index (κ2) is 6.85. The van der Waals surface area contributed by atoms with Crippen molar-refractivity contribution in [3.05, 3.63) is 28.4 Å². The van der Waals surface area contributed by atoms with Gasteiger partial charge in [0.15, 0.2) is 0 Å². The molecule has 2 aliphatic rings. The second-order valence-electron chi connectivity index (χ2n) is 7.03. The third-order valence-electron chi connectivity index (χ3n) is 5.20. The zero-order valence-corrected chi connectivity index (χ0v) is 14.6. The van der Waals surface area contributed by atoms with Crippen LogP contribution >= 0.6 is 0 Å². The smallest absolute Gasteiger partial charge is 0.252 e. The molecule has 138 valence electrons. The topological polar surface area (TPSA) is 122 Å². The Morgan fingerprint density at radius 2 is 2.12 bits per heavy atom. The Hall–Kier alpha value is -2.78. The Kier molecular flexibility index (Phi) is 4.39. The van der Waals surface area contributed by atoms with Crippen molar-refractivity contribution in [1.29, 1.82) is 0 Å². The number of anilines is 1. The van der Waals surface area contributed by atoms with Gasteiger partial charge in [0, 0.05) is 31.1 Å². The minimum atomic E-state index is -0.455. The van der Waals surface area contributed by atoms with Crippen molar-refractivity contribution in [2.45, 2.75) is 50.6 Å². The predicted molar refractivity (Wildman–Crippen MR) is 92.7 cm³/mol. The van der Waals surface area contributed by atoms with Crippen LogP contribution in [-0.2, 0) is 4.79 Å². The molecule has 4 rings (SSSR count). The highest BCUT2D eigenvalue weighted by atomic mass is 16.2. The number of rotatable bonds is 5. The standard InChI is InChI=1S/C16H22N8O2/c1-10(24-9-17-21-22-24)15(26)18-12-6-11(7-12)13-8-14(25)20-16(19-13)23-4-2-3-5-23/h8-12H,2-7H2,1H3,(H,18,26)(H,19,20,25)/t10-,11?,12?/m0/s1. The Bertz CT molecular complexity index is 821. The molecule has 0 spiro atoms. The number of nitrogens with one attached hydrogen (secondary N) is 2. The molecule has 2 fully saturated rings. The fourth-order valence-electron chi connectivity index (χ4n) is 3.52. The molecule has 1 aliphatic carbocycles. The van der Waals surface area contributed by atoms with E-state index < -0.39 is 6.04 Å². The lowest BCUT2D eigenvalue weighted by Crippen LogP contribution is -2.46. The predicted octanol–water partition coefficient (Wildman–Crippen LogP) is -0.0200. The molecule has 10 heteroatoms. The normalized spacial score (nSPS) is 23.5. The zero-order chi connectivity index (χ0) is 18.1. The largest absolute Gasteiger partial charge is 0.351 e. The van der Waals surface area contributed by atoms with Crippen molar-refractivity contribution in [2.75, 3.05) is 18.0 Å². The summed E-state index contributed by atoms with van der Waals surface area (Å²) in [5.41, 5.74) is 0.700. The van der Waals surface area contributed by atoms with Crippen LogP contribution in [0.1, 0.15) is 50.3 Å². The minimum Gasteiger partial charge on any atom is -0.351 e. The van der Waals surface area contributed by atoms with Crippen LogP contribution in [0, 0.1) is 0 Å². The van der Waals surface area contributed by atoms with Crippen LogP contribution in [0.15, 0.2) is 17.2 Å². The number of aromatic nitrogens is 6. The molecule has 1 saturated carbocycles. The molecule has 0 aromatic carbocycles. The maximum absolute atomic E-state index is 12.3. The molecule has 1 atom stereocenters. The van der Waals surface area contributed by atoms with E-state index in [0.717, 1.165) is 44.5 Å². The van der Waals surface area contributed by atoms with E-state index in [1.807, 2.05) is 0 Å². The second-order valence-corrected chi connectivity index (χ2v) is 7.03. The monoisotopic (exact) mass is 358 g/mol. The summed E-state index contributed by atoms with van der Waals surface area (Å²) in [6, 6.07) is 1.21. The summed E-state index contributed by atoms with van der Waals surface area (Å²) in [4.78, 5) is 33.9. The number of nitrogens with zero attached hydrogens (tertiary/aromatic N) is 6. The summed E-state index contributed by atoms with van der Waals surface area (Å²) in [5, 5.41) is 13.9. The molecule has 10 nitrogen and oxygen atoms in total. The van der Waals surface area contributed by atoms with E-state index in [0.29, 0.717) is 5.95 Å². The molecule has 0 bridgehead atoms. The summed E-state index contributed by atoms with van der Waals surface area (Å²) in [6.45, 7) is 3.62. The summed E-state index contributed by atoms with van der Waals surface area (Å²) < 4.78 is 1.42. The molecular weight excluding hydrogens is 336 g/mol. The molecule has 2 aromatic rings. The van der Waals surface area contributed by atoms with Gasteiger partial charge in [-0.25, -0.2) is 9.67 Å². The van der Waals surface area contributed by atoms with E-state index in [1.165, 1.54) is 11.0 Å². The molecule has 26 heavy (non-hydrogen) atoms. The first-order valence-electron chi connectivity index (χ1n) is 8.99. The van der Waals surface area contributed by atoms with Gasteiger partial charge in [0.2, 0.25) is 11.9 Å². The van der Waals surface area contributed by atoms with E-state index in [4.69, 9.17) is 0 Å². The number of tetrazole rings is 1. The maximum atomic E-state index is 12.3. The summed E-state index contributed by atoms with van der Waals surface area (Å²) >= 11 is 0. The van der Waals surface area contributed by atoms with Crippen LogP contribution in [0.4, 0.5) is 5.95 Å². The van der Waals surface area contributed by atoms with Crippen LogP contribution in [0.3, 0.4) is 0 Å². The molecule has 1 saturated heterocycles. The van der Waals surface area contributed by atoms with Gasteiger partial charge in [-0.3, -0.25) is 14.6 Å². The van der Waals surface area contributed by atoms with E-state index in [2.05, 4.69) is 35.7 Å². The average Bonchev–Trinajstić information content (AvgIpc) is 3.29. The molecule has 2 aromatic heterocycles. The zero-order valence-electron chi connectivity index (χ0n) is 14.6. The van der Waals surface area contributed by atoms with Crippen molar-refractivity contribution in [3.8, 4) is 0 Å². The van der Waals surface area contributed by atoms with Gasteiger partial charge in [0.05, 0.1) is 5.69 Å². The number of amides is 1. The van der Waals surface area contributed by atoms with Crippen molar-refractivity contribution < 1.29 is 4.79 Å². The lowest BCUT2D eigenvalue weighted by atomic mass is 9.78. The van der Waals surface area contributed by atoms with Crippen LogP contribution < -0.4 is 15.8 Å². The highest BCUT2D eigenvalue weighted by molar-refractivity contribution is 5.80.